The Morgan fingerprint density at radius 2 is 0.969 bits per heavy atom. The van der Waals surface area contributed by atoms with Gasteiger partial charge in [0.05, 0.1) is 18.9 Å². The number of esters is 3. The van der Waals surface area contributed by atoms with Gasteiger partial charge in [0, 0.05) is 18.8 Å². The summed E-state index contributed by atoms with van der Waals surface area (Å²) < 4.78 is 9.41. The van der Waals surface area contributed by atoms with Crippen LogP contribution in [-0.2, 0) is 28.7 Å². The van der Waals surface area contributed by atoms with Gasteiger partial charge in [0.15, 0.2) is 0 Å². The van der Waals surface area contributed by atoms with Crippen LogP contribution in [0.1, 0.15) is 227 Å². The molecule has 4 N–H and O–H groups in total. The lowest BCUT2D eigenvalue weighted by Crippen LogP contribution is -2.27. The minimum Gasteiger partial charge on any atom is -0.481 e. The van der Waals surface area contributed by atoms with E-state index in [0.29, 0.717) is 19.6 Å². The largest absolute Gasteiger partial charge is 0.481 e. The number of likely N-dealkylation sites (tertiary alicyclic amines) is 2. The van der Waals surface area contributed by atoms with Gasteiger partial charge < -0.3 is 35.2 Å². The summed E-state index contributed by atoms with van der Waals surface area (Å²) in [4.78, 5) is 48.5. The minimum absolute atomic E-state index is 0.112. The standard InChI is InChI=1S/C27H51NO4.C13H28O.C9H20N2.C4H2O3/c1-24(2)17-11-7-5-3-4-6-10-16-22-32-27(31)25(23-26(29)30)18-12-15-21-28-19-13-8-9-14-20-28;1-13(2)11-9-7-5-3-4-6-8-10-12-14;10-6-5-9-11-7-3-1-2-4-8-11;5-3-1-2-4(6)7-3/h24-25H,3-23H2,1-2H3,(H,29,30);13-14H,3-12H2,1-2H3;1-10H2;1-2H. The maximum absolute atomic E-state index is 12.4. The second kappa shape index (κ2) is 45.8. The van der Waals surface area contributed by atoms with Gasteiger partial charge in [-0.1, -0.05) is 163 Å². The van der Waals surface area contributed by atoms with Crippen molar-refractivity contribution in [3.63, 3.8) is 0 Å². The topological polar surface area (TPSA) is 160 Å². The number of carboxylic acids is 1. The lowest BCUT2D eigenvalue weighted by Gasteiger charge is -2.20. The molecule has 0 radical (unpaired) electrons. The Hall–Kier alpha value is -2.34. The normalized spacial score (nSPS) is 16.1. The molecule has 3 aliphatic rings. The summed E-state index contributed by atoms with van der Waals surface area (Å²) in [7, 11) is 0. The number of aliphatic hydroxyl groups excluding tert-OH is 1. The van der Waals surface area contributed by atoms with Gasteiger partial charge >= 0.3 is 23.9 Å². The quantitative estimate of drug-likeness (QED) is 0.0335. The Morgan fingerprint density at radius 3 is 1.34 bits per heavy atom. The summed E-state index contributed by atoms with van der Waals surface area (Å²) in [5.74, 6) is -1.19. The van der Waals surface area contributed by atoms with E-state index in [1.165, 1.54) is 187 Å². The van der Waals surface area contributed by atoms with E-state index in [9.17, 15) is 24.3 Å². The van der Waals surface area contributed by atoms with Crippen molar-refractivity contribution in [3.8, 4) is 0 Å². The molecule has 2 fully saturated rings. The molecule has 1 atom stereocenters. The molecular weight excluding hydrogens is 807 g/mol. The number of nitrogens with zero attached hydrogens (tertiary/aromatic N) is 2. The molecule has 3 heterocycles. The van der Waals surface area contributed by atoms with Gasteiger partial charge in [0.2, 0.25) is 0 Å². The van der Waals surface area contributed by atoms with E-state index in [1.54, 1.807) is 0 Å². The number of cyclic esters (lactones) is 2. The van der Waals surface area contributed by atoms with Crippen LogP contribution in [0.25, 0.3) is 0 Å². The van der Waals surface area contributed by atoms with E-state index in [2.05, 4.69) is 42.2 Å². The molecule has 376 valence electrons. The fourth-order valence-corrected chi connectivity index (χ4v) is 8.31. The first-order valence-corrected chi connectivity index (χ1v) is 26.6. The number of unbranched alkanes of at least 4 members (excludes halogenated alkanes) is 15. The van der Waals surface area contributed by atoms with Crippen molar-refractivity contribution in [2.45, 2.75) is 227 Å². The van der Waals surface area contributed by atoms with Gasteiger partial charge in [-0.05, 0) is 115 Å². The molecule has 0 spiro atoms. The predicted molar refractivity (Wildman–Crippen MR) is 264 cm³/mol. The van der Waals surface area contributed by atoms with E-state index >= 15 is 0 Å². The Morgan fingerprint density at radius 1 is 0.578 bits per heavy atom. The molecular formula is C53H101N3O8. The van der Waals surface area contributed by atoms with Crippen molar-refractivity contribution in [1.82, 2.24) is 9.80 Å². The highest BCUT2D eigenvalue weighted by Crippen LogP contribution is 2.18. The molecule has 64 heavy (non-hydrogen) atoms. The molecule has 0 aromatic heterocycles. The van der Waals surface area contributed by atoms with Gasteiger partial charge in [-0.2, -0.15) is 0 Å². The van der Waals surface area contributed by atoms with Crippen LogP contribution < -0.4 is 5.73 Å². The van der Waals surface area contributed by atoms with Gasteiger partial charge in [0.1, 0.15) is 0 Å². The van der Waals surface area contributed by atoms with Crippen LogP contribution in [0.5, 0.6) is 0 Å². The fraction of sp³-hybridized carbons (Fsp3) is 0.887. The van der Waals surface area contributed by atoms with E-state index < -0.39 is 23.8 Å². The third-order valence-corrected chi connectivity index (χ3v) is 12.3. The summed E-state index contributed by atoms with van der Waals surface area (Å²) in [5, 5.41) is 17.8. The van der Waals surface area contributed by atoms with Crippen molar-refractivity contribution in [1.29, 1.82) is 0 Å². The van der Waals surface area contributed by atoms with E-state index in [0.717, 1.165) is 69.2 Å². The van der Waals surface area contributed by atoms with Crippen LogP contribution in [0.3, 0.4) is 0 Å². The van der Waals surface area contributed by atoms with Crippen LogP contribution in [0.2, 0.25) is 0 Å². The molecule has 0 aliphatic carbocycles. The highest BCUT2D eigenvalue weighted by Gasteiger charge is 2.23. The van der Waals surface area contributed by atoms with Crippen molar-refractivity contribution in [2.75, 3.05) is 59.0 Å². The zero-order valence-electron chi connectivity index (χ0n) is 42.0. The molecule has 2 saturated heterocycles. The van der Waals surface area contributed by atoms with Crippen LogP contribution in [-0.4, -0.2) is 103 Å². The average Bonchev–Trinajstić information content (AvgIpc) is 3.45. The van der Waals surface area contributed by atoms with Crippen molar-refractivity contribution < 1.29 is 38.9 Å². The maximum Gasteiger partial charge on any atom is 0.338 e. The first-order chi connectivity index (χ1) is 31.0. The van der Waals surface area contributed by atoms with E-state index in [4.69, 9.17) is 15.6 Å². The lowest BCUT2D eigenvalue weighted by molar-refractivity contribution is -0.153. The zero-order chi connectivity index (χ0) is 47.3. The number of carbonyl (C=O) groups is 4. The average molecular weight is 908 g/mol. The number of aliphatic hydroxyl groups is 1. The maximum atomic E-state index is 12.4. The fourth-order valence-electron chi connectivity index (χ4n) is 8.31. The molecule has 11 heteroatoms. The zero-order valence-corrected chi connectivity index (χ0v) is 42.0. The number of nitrogens with two attached hydrogens (primary N) is 1. The summed E-state index contributed by atoms with van der Waals surface area (Å²) in [6.45, 7) is 18.1. The summed E-state index contributed by atoms with van der Waals surface area (Å²) in [6, 6.07) is 0. The third kappa shape index (κ3) is 43.5. The monoisotopic (exact) mass is 908 g/mol. The van der Waals surface area contributed by atoms with Crippen LogP contribution >= 0.6 is 0 Å². The highest BCUT2D eigenvalue weighted by molar-refractivity contribution is 6.04. The Balaban J connectivity index is 0.00000100. The molecule has 3 aliphatic heterocycles. The van der Waals surface area contributed by atoms with Gasteiger partial charge in [0.25, 0.3) is 0 Å². The third-order valence-electron chi connectivity index (χ3n) is 12.3. The number of rotatable bonds is 32. The van der Waals surface area contributed by atoms with Gasteiger partial charge in [-0.3, -0.25) is 9.59 Å². The lowest BCUT2D eigenvalue weighted by atomic mass is 9.98. The Bertz CT molecular complexity index is 1100. The molecule has 0 saturated carbocycles. The first kappa shape index (κ1) is 61.7. The SMILES string of the molecule is CC(C)CCCCCCCCCCO.CC(C)CCCCCCCCCCOC(=O)C(CCCCN1CCCCCC1)CC(=O)O.NCCCN1CCCCCC1.O=C1C=CC(=O)O1. The number of ether oxygens (including phenoxy) is 2. The Labute approximate surface area is 392 Å². The smallest absolute Gasteiger partial charge is 0.338 e. The summed E-state index contributed by atoms with van der Waals surface area (Å²) in [6.07, 6.45) is 39.6. The highest BCUT2D eigenvalue weighted by atomic mass is 16.6. The molecule has 0 aromatic rings. The first-order valence-electron chi connectivity index (χ1n) is 26.6. The van der Waals surface area contributed by atoms with Crippen LogP contribution in [0.15, 0.2) is 12.2 Å². The van der Waals surface area contributed by atoms with Crippen molar-refractivity contribution in [3.05, 3.63) is 12.2 Å². The molecule has 3 rings (SSSR count). The molecule has 0 bridgehead atoms. The summed E-state index contributed by atoms with van der Waals surface area (Å²) >= 11 is 0. The van der Waals surface area contributed by atoms with Gasteiger partial charge in [-0.15, -0.1) is 0 Å². The predicted octanol–water partition coefficient (Wildman–Crippen LogP) is 11.8. The molecule has 0 aromatic carbocycles. The van der Waals surface area contributed by atoms with E-state index in [-0.39, 0.29) is 12.4 Å². The second-order valence-electron chi connectivity index (χ2n) is 19.4. The Kier molecular flexibility index (Phi) is 44.1. The van der Waals surface area contributed by atoms with Crippen molar-refractivity contribution in [2.24, 2.45) is 23.5 Å². The van der Waals surface area contributed by atoms with Crippen molar-refractivity contribution >= 4 is 23.9 Å². The number of hydrogen-bond acceptors (Lipinski definition) is 10. The van der Waals surface area contributed by atoms with Gasteiger partial charge in [-0.25, -0.2) is 9.59 Å². The van der Waals surface area contributed by atoms with Crippen LogP contribution in [0.4, 0.5) is 0 Å². The molecule has 1 unspecified atom stereocenters. The second-order valence-corrected chi connectivity index (χ2v) is 19.4. The number of hydrogen-bond donors (Lipinski definition) is 3. The minimum atomic E-state index is -0.909. The van der Waals surface area contributed by atoms with Crippen LogP contribution in [0, 0.1) is 17.8 Å². The number of aliphatic carboxylic acids is 1. The van der Waals surface area contributed by atoms with E-state index in [1.807, 2.05) is 0 Å². The number of carboxylic acid groups (broad SMARTS) is 1. The number of carbonyl (C=O) groups excluding carboxylic acids is 3. The molecule has 0 amide bonds. The molecule has 11 nitrogen and oxygen atoms in total. The summed E-state index contributed by atoms with van der Waals surface area (Å²) in [5.41, 5.74) is 5.46.